The van der Waals surface area contributed by atoms with Crippen LogP contribution in [-0.2, 0) is 13.6 Å². The van der Waals surface area contributed by atoms with Gasteiger partial charge < -0.3 is 19.8 Å². The summed E-state index contributed by atoms with van der Waals surface area (Å²) in [6, 6.07) is 15.4. The van der Waals surface area contributed by atoms with Crippen LogP contribution in [-0.4, -0.2) is 19.7 Å². The van der Waals surface area contributed by atoms with Gasteiger partial charge in [-0.3, -0.25) is 4.98 Å². The number of pyridine rings is 1. The molecule has 4 rings (SSSR count). The topological polar surface area (TPSA) is 84.2 Å². The summed E-state index contributed by atoms with van der Waals surface area (Å²) in [7, 11) is 1.97. The summed E-state index contributed by atoms with van der Waals surface area (Å²) in [5, 5.41) is 12.2. The number of rotatable bonds is 6. The molecule has 8 heteroatoms. The summed E-state index contributed by atoms with van der Waals surface area (Å²) >= 11 is 3.52. The van der Waals surface area contributed by atoms with Crippen molar-refractivity contribution in [2.24, 2.45) is 7.05 Å². The normalized spacial score (nSPS) is 11.0. The number of imidazole rings is 1. The van der Waals surface area contributed by atoms with Gasteiger partial charge in [0.25, 0.3) is 0 Å². The molecule has 0 saturated carbocycles. The monoisotopic (exact) mass is 453 g/mol. The first kappa shape index (κ1) is 19.4. The molecule has 29 heavy (non-hydrogen) atoms. The molecule has 0 fully saturated rings. The lowest BCUT2D eigenvalue weighted by Crippen LogP contribution is -2.07. The van der Waals surface area contributed by atoms with E-state index in [9.17, 15) is 0 Å². The van der Waals surface area contributed by atoms with Crippen molar-refractivity contribution in [3.8, 4) is 11.5 Å². The summed E-state index contributed by atoms with van der Waals surface area (Å²) in [6.45, 7) is 2.30. The minimum absolute atomic E-state index is 0.251. The van der Waals surface area contributed by atoms with Crippen LogP contribution in [0.1, 0.15) is 11.3 Å². The maximum absolute atomic E-state index is 8.83. The second kappa shape index (κ2) is 8.20. The highest BCUT2D eigenvalue weighted by molar-refractivity contribution is 9.10. The van der Waals surface area contributed by atoms with Crippen LogP contribution in [0.15, 0.2) is 59.2 Å². The van der Waals surface area contributed by atoms with Gasteiger partial charge in [0.1, 0.15) is 11.5 Å². The smallest absolute Gasteiger partial charge is 0.208 e. The average Bonchev–Trinajstić information content (AvgIpc) is 3.00. The van der Waals surface area contributed by atoms with Gasteiger partial charge in [-0.25, -0.2) is 4.98 Å². The summed E-state index contributed by atoms with van der Waals surface area (Å²) in [4.78, 5) is 8.87. The first-order chi connectivity index (χ1) is 14.0. The van der Waals surface area contributed by atoms with Gasteiger partial charge in [-0.1, -0.05) is 15.9 Å². The standard InChI is InChI=1S/C21H20BrN5O2/c1-13-9-14(3-5-18(13)22)25-21-26-19-11-16(4-6-20(19)27(21)2)29-17-7-8-23-15(10-17)12-24-28/h3-11,24,28H,12H2,1-2H3,(H,25,26). The predicted molar refractivity (Wildman–Crippen MR) is 116 cm³/mol. The molecule has 2 aromatic heterocycles. The quantitative estimate of drug-likeness (QED) is 0.354. The minimum atomic E-state index is 0.251. The predicted octanol–water partition coefficient (Wildman–Crippen LogP) is 5.05. The number of nitrogens with one attached hydrogen (secondary N) is 2. The Morgan fingerprint density at radius 2 is 1.93 bits per heavy atom. The lowest BCUT2D eigenvalue weighted by molar-refractivity contribution is 0.160. The van der Waals surface area contributed by atoms with Crippen LogP contribution >= 0.6 is 15.9 Å². The van der Waals surface area contributed by atoms with E-state index in [0.717, 1.165) is 32.7 Å². The highest BCUT2D eigenvalue weighted by Crippen LogP contribution is 2.29. The van der Waals surface area contributed by atoms with E-state index < -0.39 is 0 Å². The van der Waals surface area contributed by atoms with Crippen molar-refractivity contribution >= 4 is 38.6 Å². The number of hydroxylamine groups is 1. The fourth-order valence-corrected chi connectivity index (χ4v) is 3.29. The molecule has 148 valence electrons. The van der Waals surface area contributed by atoms with E-state index in [1.807, 2.05) is 41.9 Å². The molecule has 2 heterocycles. The highest BCUT2D eigenvalue weighted by Gasteiger charge is 2.10. The summed E-state index contributed by atoms with van der Waals surface area (Å²) < 4.78 is 9.03. The zero-order chi connectivity index (χ0) is 20.4. The zero-order valence-corrected chi connectivity index (χ0v) is 17.6. The van der Waals surface area contributed by atoms with Gasteiger partial charge in [0, 0.05) is 35.5 Å². The number of fused-ring (bicyclic) bond motifs is 1. The second-order valence-corrected chi connectivity index (χ2v) is 7.51. The Morgan fingerprint density at radius 1 is 1.10 bits per heavy atom. The van der Waals surface area contributed by atoms with Crippen LogP contribution < -0.4 is 15.5 Å². The van der Waals surface area contributed by atoms with E-state index in [4.69, 9.17) is 14.9 Å². The number of aromatic nitrogens is 3. The molecular formula is C21H20BrN5O2. The van der Waals surface area contributed by atoms with Gasteiger partial charge in [-0.15, -0.1) is 0 Å². The number of nitrogens with zero attached hydrogens (tertiary/aromatic N) is 3. The van der Waals surface area contributed by atoms with Crippen LogP contribution in [0.25, 0.3) is 11.0 Å². The van der Waals surface area contributed by atoms with Gasteiger partial charge >= 0.3 is 0 Å². The Balaban J connectivity index is 1.59. The fraction of sp³-hybridized carbons (Fsp3) is 0.143. The van der Waals surface area contributed by atoms with Crippen molar-refractivity contribution in [3.05, 3.63) is 70.5 Å². The maximum atomic E-state index is 8.83. The van der Waals surface area contributed by atoms with Crippen molar-refractivity contribution < 1.29 is 9.94 Å². The van der Waals surface area contributed by atoms with E-state index >= 15 is 0 Å². The largest absolute Gasteiger partial charge is 0.457 e. The number of hydrogen-bond acceptors (Lipinski definition) is 6. The molecule has 0 unspecified atom stereocenters. The number of halogens is 1. The minimum Gasteiger partial charge on any atom is -0.457 e. The average molecular weight is 454 g/mol. The molecule has 4 aromatic rings. The van der Waals surface area contributed by atoms with Crippen LogP contribution in [0.5, 0.6) is 11.5 Å². The lowest BCUT2D eigenvalue weighted by Gasteiger charge is -2.08. The molecule has 7 nitrogen and oxygen atoms in total. The zero-order valence-electron chi connectivity index (χ0n) is 16.0. The van der Waals surface area contributed by atoms with Crippen LogP contribution in [0, 0.1) is 6.92 Å². The first-order valence-corrected chi connectivity index (χ1v) is 9.82. The van der Waals surface area contributed by atoms with Crippen molar-refractivity contribution in [2.75, 3.05) is 5.32 Å². The molecule has 2 aromatic carbocycles. The maximum Gasteiger partial charge on any atom is 0.208 e. The Kier molecular flexibility index (Phi) is 5.48. The molecule has 0 aliphatic carbocycles. The van der Waals surface area contributed by atoms with Crippen molar-refractivity contribution in [1.82, 2.24) is 20.0 Å². The van der Waals surface area contributed by atoms with Gasteiger partial charge in [0.2, 0.25) is 5.95 Å². The summed E-state index contributed by atoms with van der Waals surface area (Å²) in [5.41, 5.74) is 6.72. The molecule has 0 saturated heterocycles. The van der Waals surface area contributed by atoms with Gasteiger partial charge in [0.15, 0.2) is 0 Å². The van der Waals surface area contributed by atoms with E-state index in [1.54, 1.807) is 18.3 Å². The number of ether oxygens (including phenoxy) is 1. The highest BCUT2D eigenvalue weighted by atomic mass is 79.9. The molecular weight excluding hydrogens is 434 g/mol. The van der Waals surface area contributed by atoms with Gasteiger partial charge in [-0.05, 0) is 48.9 Å². The molecule has 3 N–H and O–H groups in total. The third kappa shape index (κ3) is 4.24. The molecule has 0 bridgehead atoms. The first-order valence-electron chi connectivity index (χ1n) is 9.03. The van der Waals surface area contributed by atoms with Crippen molar-refractivity contribution in [3.63, 3.8) is 0 Å². The number of hydrogen-bond donors (Lipinski definition) is 3. The Bertz CT molecular complexity index is 1180. The molecule has 0 spiro atoms. The fourth-order valence-electron chi connectivity index (χ4n) is 3.04. The number of anilines is 2. The Hall–Kier alpha value is -2.94. The summed E-state index contributed by atoms with van der Waals surface area (Å²) in [5.74, 6) is 2.07. The van der Waals surface area contributed by atoms with Crippen LogP contribution in [0.2, 0.25) is 0 Å². The van der Waals surface area contributed by atoms with E-state index in [2.05, 4.69) is 44.7 Å². The van der Waals surface area contributed by atoms with E-state index in [1.165, 1.54) is 0 Å². The SMILES string of the molecule is Cc1cc(Nc2nc3cc(Oc4ccnc(CNO)c4)ccc3n2C)ccc1Br. The second-order valence-electron chi connectivity index (χ2n) is 6.65. The third-order valence-corrected chi connectivity index (χ3v) is 5.44. The molecule has 0 atom stereocenters. The molecule has 0 amide bonds. The summed E-state index contributed by atoms with van der Waals surface area (Å²) in [6.07, 6.45) is 1.64. The number of aryl methyl sites for hydroxylation is 2. The van der Waals surface area contributed by atoms with Crippen LogP contribution in [0.4, 0.5) is 11.6 Å². The molecule has 0 radical (unpaired) electrons. The molecule has 0 aliphatic heterocycles. The van der Waals surface area contributed by atoms with Gasteiger partial charge in [0.05, 0.1) is 23.3 Å². The van der Waals surface area contributed by atoms with Crippen molar-refractivity contribution in [2.45, 2.75) is 13.5 Å². The van der Waals surface area contributed by atoms with E-state index in [-0.39, 0.29) is 6.54 Å². The Labute approximate surface area is 176 Å². The van der Waals surface area contributed by atoms with Crippen molar-refractivity contribution in [1.29, 1.82) is 0 Å². The Morgan fingerprint density at radius 3 is 2.72 bits per heavy atom. The molecule has 0 aliphatic rings. The van der Waals surface area contributed by atoms with Crippen LogP contribution in [0.3, 0.4) is 0 Å². The lowest BCUT2D eigenvalue weighted by atomic mass is 10.2. The van der Waals surface area contributed by atoms with Gasteiger partial charge in [-0.2, -0.15) is 5.48 Å². The third-order valence-electron chi connectivity index (χ3n) is 4.55. The number of benzene rings is 2. The van der Waals surface area contributed by atoms with E-state index in [0.29, 0.717) is 17.2 Å².